The maximum absolute atomic E-state index is 14.8. The number of fused-ring (bicyclic) bond motifs is 1. The van der Waals surface area contributed by atoms with Crippen LogP contribution in [0.15, 0.2) is 28.5 Å². The Hall–Kier alpha value is -2.78. The average Bonchev–Trinajstić information content (AvgIpc) is 3.23. The van der Waals surface area contributed by atoms with Gasteiger partial charge in [-0.25, -0.2) is 9.18 Å². The molecule has 0 radical (unpaired) electrons. The summed E-state index contributed by atoms with van der Waals surface area (Å²) in [5, 5.41) is 11.2. The molecular weight excluding hydrogens is 371 g/mol. The molecule has 1 unspecified atom stereocenters. The number of hydrogen-bond acceptors (Lipinski definition) is 6. The van der Waals surface area contributed by atoms with Gasteiger partial charge < -0.3 is 20.3 Å². The average molecular weight is 388 g/mol. The van der Waals surface area contributed by atoms with Crippen LogP contribution in [0.25, 0.3) is 16.6 Å². The van der Waals surface area contributed by atoms with Gasteiger partial charge >= 0.3 is 5.97 Å². The number of hydrogen-bond donors (Lipinski definition) is 2. The molecule has 0 amide bonds. The number of halogens is 1. The highest BCUT2D eigenvalue weighted by atomic mass is 32.1. The third-order valence-corrected chi connectivity index (χ3v) is 5.56. The van der Waals surface area contributed by atoms with Crippen LogP contribution in [0, 0.1) is 12.7 Å². The minimum atomic E-state index is -1.36. The zero-order chi connectivity index (χ0) is 19.3. The van der Waals surface area contributed by atoms with Crippen LogP contribution in [0.1, 0.15) is 22.5 Å². The van der Waals surface area contributed by atoms with Crippen molar-refractivity contribution in [1.82, 2.24) is 8.94 Å². The number of carboxylic acid groups (broad SMARTS) is 1. The molecule has 2 aromatic heterocycles. The first-order chi connectivity index (χ1) is 12.9. The molecule has 3 aromatic rings. The summed E-state index contributed by atoms with van der Waals surface area (Å²) in [6, 6.07) is 2.68. The van der Waals surface area contributed by atoms with Crippen LogP contribution < -0.4 is 16.1 Å². The normalized spacial score (nSPS) is 17.0. The van der Waals surface area contributed by atoms with Crippen LogP contribution in [0.2, 0.25) is 0 Å². The molecule has 0 saturated carbocycles. The minimum absolute atomic E-state index is 0.0187. The van der Waals surface area contributed by atoms with Gasteiger partial charge in [0, 0.05) is 36.1 Å². The highest BCUT2D eigenvalue weighted by Gasteiger charge is 2.24. The molecule has 1 aliphatic rings. The Balaban J connectivity index is 2.04. The standard InChI is InChI=1S/C18H17FN4O3S/c1-9-16(8-27-21-9)23-7-12(18(25)26)17(24)11-4-13(19)15(5-14(11)23)22-3-2-10(20)6-22/h4-5,7-8,10H,2-3,6,20H2,1H3,(H,25,26). The third kappa shape index (κ3) is 2.88. The number of aryl methyl sites for hydroxylation is 1. The van der Waals surface area contributed by atoms with Gasteiger partial charge in [0.1, 0.15) is 11.4 Å². The van der Waals surface area contributed by atoms with Gasteiger partial charge in [-0.2, -0.15) is 4.37 Å². The Morgan fingerprint density at radius 3 is 2.78 bits per heavy atom. The van der Waals surface area contributed by atoms with Gasteiger partial charge in [-0.1, -0.05) is 0 Å². The number of anilines is 1. The molecule has 3 heterocycles. The Morgan fingerprint density at radius 1 is 1.41 bits per heavy atom. The highest BCUT2D eigenvalue weighted by Crippen LogP contribution is 2.30. The van der Waals surface area contributed by atoms with E-state index in [9.17, 15) is 19.1 Å². The Kier molecular flexibility index (Phi) is 4.20. The summed E-state index contributed by atoms with van der Waals surface area (Å²) in [7, 11) is 0. The molecule has 1 fully saturated rings. The Labute approximate surface area is 157 Å². The molecular formula is C18H17FN4O3S. The second kappa shape index (κ2) is 6.43. The molecule has 1 saturated heterocycles. The summed E-state index contributed by atoms with van der Waals surface area (Å²) in [6.07, 6.45) is 2.04. The fourth-order valence-electron chi connectivity index (χ4n) is 3.45. The van der Waals surface area contributed by atoms with Crippen LogP contribution >= 0.6 is 11.5 Å². The molecule has 27 heavy (non-hydrogen) atoms. The maximum atomic E-state index is 14.8. The Morgan fingerprint density at radius 2 is 2.19 bits per heavy atom. The third-order valence-electron chi connectivity index (χ3n) is 4.85. The molecule has 0 spiro atoms. The topological polar surface area (TPSA) is 101 Å². The largest absolute Gasteiger partial charge is 0.477 e. The second-order valence-electron chi connectivity index (χ2n) is 6.65. The first kappa shape index (κ1) is 17.6. The quantitative estimate of drug-likeness (QED) is 0.713. The summed E-state index contributed by atoms with van der Waals surface area (Å²) in [5.41, 5.74) is 6.95. The summed E-state index contributed by atoms with van der Waals surface area (Å²) in [4.78, 5) is 26.0. The van der Waals surface area contributed by atoms with Gasteiger partial charge in [-0.3, -0.25) is 4.79 Å². The molecule has 0 bridgehead atoms. The number of nitrogens with zero attached hydrogens (tertiary/aromatic N) is 3. The monoisotopic (exact) mass is 388 g/mol. The van der Waals surface area contributed by atoms with E-state index in [2.05, 4.69) is 4.37 Å². The number of carboxylic acids is 1. The van der Waals surface area contributed by atoms with Crippen molar-refractivity contribution in [3.8, 4) is 5.69 Å². The lowest BCUT2D eigenvalue weighted by atomic mass is 10.1. The SMILES string of the molecule is Cc1nscc1-n1cc(C(=O)O)c(=O)c2cc(F)c(N3CCC(N)C3)cc21. The van der Waals surface area contributed by atoms with Gasteiger partial charge in [0.15, 0.2) is 0 Å². The number of pyridine rings is 1. The van der Waals surface area contributed by atoms with Crippen LogP contribution in [0.4, 0.5) is 10.1 Å². The zero-order valence-corrected chi connectivity index (χ0v) is 15.3. The van der Waals surface area contributed by atoms with Crippen molar-refractivity contribution in [1.29, 1.82) is 0 Å². The summed E-state index contributed by atoms with van der Waals surface area (Å²) in [5.74, 6) is -1.92. The fourth-order valence-corrected chi connectivity index (χ4v) is 4.14. The number of rotatable bonds is 3. The highest BCUT2D eigenvalue weighted by molar-refractivity contribution is 7.04. The van der Waals surface area contributed by atoms with Crippen molar-refractivity contribution < 1.29 is 14.3 Å². The molecule has 140 valence electrons. The molecule has 4 rings (SSSR count). The lowest BCUT2D eigenvalue weighted by Gasteiger charge is -2.21. The number of aromatic carboxylic acids is 1. The van der Waals surface area contributed by atoms with E-state index < -0.39 is 22.8 Å². The molecule has 1 aromatic carbocycles. The van der Waals surface area contributed by atoms with Gasteiger partial charge in [-0.15, -0.1) is 0 Å². The van der Waals surface area contributed by atoms with E-state index in [1.807, 2.05) is 4.90 Å². The number of aromatic nitrogens is 2. The van der Waals surface area contributed by atoms with E-state index >= 15 is 0 Å². The van der Waals surface area contributed by atoms with Crippen LogP contribution in [0.5, 0.6) is 0 Å². The summed E-state index contributed by atoms with van der Waals surface area (Å²) >= 11 is 1.22. The molecule has 0 aliphatic carbocycles. The van der Waals surface area contributed by atoms with Crippen molar-refractivity contribution in [2.45, 2.75) is 19.4 Å². The maximum Gasteiger partial charge on any atom is 0.341 e. The first-order valence-electron chi connectivity index (χ1n) is 8.41. The number of nitrogens with two attached hydrogens (primary N) is 1. The van der Waals surface area contributed by atoms with Crippen molar-refractivity contribution >= 4 is 34.1 Å². The van der Waals surface area contributed by atoms with E-state index in [0.29, 0.717) is 35.7 Å². The zero-order valence-electron chi connectivity index (χ0n) is 14.5. The van der Waals surface area contributed by atoms with E-state index in [-0.39, 0.29) is 11.4 Å². The summed E-state index contributed by atoms with van der Waals surface area (Å²) in [6.45, 7) is 2.94. The van der Waals surface area contributed by atoms with Crippen molar-refractivity contribution in [2.24, 2.45) is 5.73 Å². The van der Waals surface area contributed by atoms with Gasteiger partial charge in [-0.05, 0) is 37.0 Å². The van der Waals surface area contributed by atoms with E-state index in [1.165, 1.54) is 17.7 Å². The number of benzene rings is 1. The smallest absolute Gasteiger partial charge is 0.341 e. The van der Waals surface area contributed by atoms with Gasteiger partial charge in [0.25, 0.3) is 0 Å². The van der Waals surface area contributed by atoms with Crippen molar-refractivity contribution in [2.75, 3.05) is 18.0 Å². The van der Waals surface area contributed by atoms with E-state index in [4.69, 9.17) is 5.73 Å². The van der Waals surface area contributed by atoms with Crippen LogP contribution in [-0.2, 0) is 0 Å². The predicted molar refractivity (Wildman–Crippen MR) is 102 cm³/mol. The molecule has 3 N–H and O–H groups in total. The second-order valence-corrected chi connectivity index (χ2v) is 7.28. The summed E-state index contributed by atoms with van der Waals surface area (Å²) < 4.78 is 20.6. The predicted octanol–water partition coefficient (Wildman–Crippen LogP) is 2.13. The van der Waals surface area contributed by atoms with E-state index in [1.54, 1.807) is 22.9 Å². The minimum Gasteiger partial charge on any atom is -0.477 e. The molecule has 9 heteroatoms. The Bertz CT molecular complexity index is 1120. The fraction of sp³-hybridized carbons (Fsp3) is 0.278. The van der Waals surface area contributed by atoms with Gasteiger partial charge in [0.2, 0.25) is 5.43 Å². The van der Waals surface area contributed by atoms with Crippen molar-refractivity contribution in [3.05, 3.63) is 51.0 Å². The van der Waals surface area contributed by atoms with Crippen LogP contribution in [-0.4, -0.2) is 39.1 Å². The van der Waals surface area contributed by atoms with Gasteiger partial charge in [0.05, 0.1) is 22.6 Å². The van der Waals surface area contributed by atoms with Crippen molar-refractivity contribution in [3.63, 3.8) is 0 Å². The van der Waals surface area contributed by atoms with Crippen LogP contribution in [0.3, 0.4) is 0 Å². The first-order valence-corrected chi connectivity index (χ1v) is 9.24. The molecule has 7 nitrogen and oxygen atoms in total. The molecule has 1 aliphatic heterocycles. The molecule has 1 atom stereocenters. The van der Waals surface area contributed by atoms with E-state index in [0.717, 1.165) is 12.5 Å². The lowest BCUT2D eigenvalue weighted by molar-refractivity contribution is 0.0695. The number of carbonyl (C=O) groups is 1. The lowest BCUT2D eigenvalue weighted by Crippen LogP contribution is -2.27.